The molecule has 78 valence electrons. The molecule has 2 aromatic heterocycles. The Hall–Kier alpha value is -1.00. The Bertz CT molecular complexity index is 458. The topological polar surface area (TPSA) is 38.9 Å². The molecule has 0 unspecified atom stereocenters. The van der Waals surface area contributed by atoms with Gasteiger partial charge in [-0.2, -0.15) is 0 Å². The Kier molecular flexibility index (Phi) is 3.28. The lowest BCUT2D eigenvalue weighted by atomic mass is 10.4. The Labute approximate surface area is 96.8 Å². The Morgan fingerprint density at radius 2 is 2.40 bits per heavy atom. The van der Waals surface area contributed by atoms with Gasteiger partial charge < -0.3 is 4.52 Å². The van der Waals surface area contributed by atoms with Crippen molar-refractivity contribution in [1.29, 1.82) is 0 Å². The third-order valence-electron chi connectivity index (χ3n) is 1.76. The molecule has 2 rings (SSSR count). The van der Waals surface area contributed by atoms with Crippen LogP contribution < -0.4 is 0 Å². The summed E-state index contributed by atoms with van der Waals surface area (Å²) in [7, 11) is 0. The van der Waals surface area contributed by atoms with E-state index in [1.807, 2.05) is 25.1 Å². The van der Waals surface area contributed by atoms with Crippen molar-refractivity contribution in [3.05, 3.63) is 40.9 Å². The molecule has 2 aromatic rings. The molecule has 2 heterocycles. The van der Waals surface area contributed by atoms with Crippen LogP contribution in [-0.2, 0) is 5.75 Å². The van der Waals surface area contributed by atoms with Crippen molar-refractivity contribution < 1.29 is 4.52 Å². The summed E-state index contributed by atoms with van der Waals surface area (Å²) < 4.78 is 4.97. The maximum Gasteiger partial charge on any atom is 0.133 e. The highest BCUT2D eigenvalue weighted by atomic mass is 35.5. The fourth-order valence-electron chi connectivity index (χ4n) is 1.11. The van der Waals surface area contributed by atoms with E-state index in [1.165, 1.54) is 0 Å². The molecule has 0 aliphatic carbocycles. The minimum atomic E-state index is 0.669. The van der Waals surface area contributed by atoms with Crippen LogP contribution in [0, 0.1) is 6.92 Å². The predicted molar refractivity (Wildman–Crippen MR) is 60.0 cm³/mol. The summed E-state index contributed by atoms with van der Waals surface area (Å²) in [4.78, 5) is 4.17. The van der Waals surface area contributed by atoms with Crippen LogP contribution >= 0.6 is 23.4 Å². The van der Waals surface area contributed by atoms with E-state index < -0.39 is 0 Å². The third-order valence-corrected chi connectivity index (χ3v) is 3.21. The SMILES string of the molecule is Cc1cc(CSc2ncccc2Cl)no1. The molecular formula is C10H9ClN2OS. The highest BCUT2D eigenvalue weighted by molar-refractivity contribution is 7.98. The molecule has 0 aliphatic heterocycles. The zero-order valence-corrected chi connectivity index (χ0v) is 9.68. The van der Waals surface area contributed by atoms with E-state index >= 15 is 0 Å². The molecule has 0 amide bonds. The van der Waals surface area contributed by atoms with Crippen molar-refractivity contribution in [2.75, 3.05) is 0 Å². The van der Waals surface area contributed by atoms with Crippen LogP contribution in [0.4, 0.5) is 0 Å². The number of thioether (sulfide) groups is 1. The quantitative estimate of drug-likeness (QED) is 0.772. The number of hydrogen-bond acceptors (Lipinski definition) is 4. The van der Waals surface area contributed by atoms with Crippen molar-refractivity contribution in [1.82, 2.24) is 10.1 Å². The maximum atomic E-state index is 5.97. The van der Waals surface area contributed by atoms with Gasteiger partial charge in [0, 0.05) is 18.0 Å². The average Bonchev–Trinajstić information content (AvgIpc) is 2.63. The lowest BCUT2D eigenvalue weighted by Crippen LogP contribution is -1.83. The molecule has 5 heteroatoms. The zero-order chi connectivity index (χ0) is 10.7. The van der Waals surface area contributed by atoms with E-state index in [9.17, 15) is 0 Å². The summed E-state index contributed by atoms with van der Waals surface area (Å²) in [5, 5.41) is 5.38. The first kappa shape index (κ1) is 10.5. The van der Waals surface area contributed by atoms with Gasteiger partial charge in [-0.15, -0.1) is 0 Å². The Morgan fingerprint density at radius 3 is 3.07 bits per heavy atom. The first-order valence-corrected chi connectivity index (χ1v) is 5.77. The number of hydrogen-bond donors (Lipinski definition) is 0. The summed E-state index contributed by atoms with van der Waals surface area (Å²) in [6, 6.07) is 5.54. The average molecular weight is 241 g/mol. The first-order chi connectivity index (χ1) is 7.25. The maximum absolute atomic E-state index is 5.97. The van der Waals surface area contributed by atoms with E-state index in [0.29, 0.717) is 10.8 Å². The van der Waals surface area contributed by atoms with Gasteiger partial charge in [0.25, 0.3) is 0 Å². The molecule has 3 nitrogen and oxygen atoms in total. The molecule has 0 spiro atoms. The van der Waals surface area contributed by atoms with Crippen molar-refractivity contribution in [2.45, 2.75) is 17.7 Å². The predicted octanol–water partition coefficient (Wildman–Crippen LogP) is 3.32. The van der Waals surface area contributed by atoms with Crippen LogP contribution in [-0.4, -0.2) is 10.1 Å². The van der Waals surface area contributed by atoms with Crippen LogP contribution in [0.5, 0.6) is 0 Å². The highest BCUT2D eigenvalue weighted by Crippen LogP contribution is 2.26. The van der Waals surface area contributed by atoms with E-state index in [4.69, 9.17) is 16.1 Å². The van der Waals surface area contributed by atoms with Gasteiger partial charge >= 0.3 is 0 Å². The number of rotatable bonds is 3. The van der Waals surface area contributed by atoms with Gasteiger partial charge in [-0.3, -0.25) is 0 Å². The molecule has 0 N–H and O–H groups in total. The Morgan fingerprint density at radius 1 is 1.53 bits per heavy atom. The van der Waals surface area contributed by atoms with Gasteiger partial charge in [-0.1, -0.05) is 28.5 Å². The number of aromatic nitrogens is 2. The molecule has 0 fully saturated rings. The smallest absolute Gasteiger partial charge is 0.133 e. The lowest BCUT2D eigenvalue weighted by Gasteiger charge is -1.99. The summed E-state index contributed by atoms with van der Waals surface area (Å²) in [6.07, 6.45) is 1.72. The largest absolute Gasteiger partial charge is 0.361 e. The minimum Gasteiger partial charge on any atom is -0.361 e. The summed E-state index contributed by atoms with van der Waals surface area (Å²) in [6.45, 7) is 1.87. The second-order valence-corrected chi connectivity index (χ2v) is 4.38. The lowest BCUT2D eigenvalue weighted by molar-refractivity contribution is 0.393. The van der Waals surface area contributed by atoms with Crippen molar-refractivity contribution in [3.63, 3.8) is 0 Å². The molecule has 0 saturated heterocycles. The molecular weight excluding hydrogens is 232 g/mol. The first-order valence-electron chi connectivity index (χ1n) is 4.41. The summed E-state index contributed by atoms with van der Waals surface area (Å²) in [5.41, 5.74) is 0.902. The van der Waals surface area contributed by atoms with Crippen molar-refractivity contribution in [2.24, 2.45) is 0 Å². The standard InChI is InChI=1S/C10H9ClN2OS/c1-7-5-8(13-14-7)6-15-10-9(11)3-2-4-12-10/h2-5H,6H2,1H3. The minimum absolute atomic E-state index is 0.669. The Balaban J connectivity index is 2.02. The van der Waals surface area contributed by atoms with E-state index in [2.05, 4.69) is 10.1 Å². The van der Waals surface area contributed by atoms with E-state index in [1.54, 1.807) is 18.0 Å². The molecule has 0 radical (unpaired) electrons. The number of aryl methyl sites for hydroxylation is 1. The monoisotopic (exact) mass is 240 g/mol. The zero-order valence-electron chi connectivity index (χ0n) is 8.11. The fraction of sp³-hybridized carbons (Fsp3) is 0.200. The number of nitrogens with zero attached hydrogens (tertiary/aromatic N) is 2. The van der Waals surface area contributed by atoms with Crippen LogP contribution in [0.1, 0.15) is 11.5 Å². The van der Waals surface area contributed by atoms with Gasteiger partial charge in [0.1, 0.15) is 10.8 Å². The summed E-state index contributed by atoms with van der Waals surface area (Å²) in [5.74, 6) is 1.53. The van der Waals surface area contributed by atoms with Crippen LogP contribution in [0.15, 0.2) is 33.9 Å². The van der Waals surface area contributed by atoms with E-state index in [-0.39, 0.29) is 0 Å². The van der Waals surface area contributed by atoms with Gasteiger partial charge in [0.15, 0.2) is 0 Å². The van der Waals surface area contributed by atoms with Gasteiger partial charge in [-0.05, 0) is 19.1 Å². The number of halogens is 1. The molecule has 0 atom stereocenters. The number of pyridine rings is 1. The molecule has 0 aromatic carbocycles. The van der Waals surface area contributed by atoms with Crippen LogP contribution in [0.2, 0.25) is 5.02 Å². The van der Waals surface area contributed by atoms with Gasteiger partial charge in [-0.25, -0.2) is 4.98 Å². The van der Waals surface area contributed by atoms with Crippen LogP contribution in [0.25, 0.3) is 0 Å². The molecule has 0 saturated carbocycles. The van der Waals surface area contributed by atoms with E-state index in [0.717, 1.165) is 16.5 Å². The summed E-state index contributed by atoms with van der Waals surface area (Å²) >= 11 is 7.52. The molecule has 0 bridgehead atoms. The van der Waals surface area contributed by atoms with Crippen molar-refractivity contribution >= 4 is 23.4 Å². The van der Waals surface area contributed by atoms with Crippen LogP contribution in [0.3, 0.4) is 0 Å². The van der Waals surface area contributed by atoms with Gasteiger partial charge in [0.2, 0.25) is 0 Å². The molecule has 0 aliphatic rings. The third kappa shape index (κ3) is 2.73. The van der Waals surface area contributed by atoms with Gasteiger partial charge in [0.05, 0.1) is 10.7 Å². The normalized spacial score (nSPS) is 10.5. The second kappa shape index (κ2) is 4.68. The fourth-order valence-corrected chi connectivity index (χ4v) is 2.15. The van der Waals surface area contributed by atoms with Crippen molar-refractivity contribution in [3.8, 4) is 0 Å². The second-order valence-electron chi connectivity index (χ2n) is 3.01. The highest BCUT2D eigenvalue weighted by Gasteiger charge is 2.04. The molecule has 15 heavy (non-hydrogen) atoms.